The molecule has 2 amide bonds. The number of likely N-dealkylation sites (tertiary alicyclic amines) is 1. The van der Waals surface area contributed by atoms with E-state index >= 15 is 0 Å². The molecule has 1 aromatic heterocycles. The van der Waals surface area contributed by atoms with Gasteiger partial charge in [-0.25, -0.2) is 0 Å². The average Bonchev–Trinajstić information content (AvgIpc) is 3.11. The van der Waals surface area contributed by atoms with Crippen molar-refractivity contribution in [2.75, 3.05) is 33.8 Å². The summed E-state index contributed by atoms with van der Waals surface area (Å²) in [5, 5.41) is 0. The molecule has 6 nitrogen and oxygen atoms in total. The Bertz CT molecular complexity index is 792. The summed E-state index contributed by atoms with van der Waals surface area (Å²) >= 11 is 0. The molecule has 6 heteroatoms. The first-order valence-corrected chi connectivity index (χ1v) is 9.61. The molecule has 1 aliphatic heterocycles. The van der Waals surface area contributed by atoms with Crippen LogP contribution in [0.5, 0.6) is 5.75 Å². The van der Waals surface area contributed by atoms with Gasteiger partial charge in [-0.2, -0.15) is 0 Å². The third kappa shape index (κ3) is 5.09. The van der Waals surface area contributed by atoms with E-state index < -0.39 is 0 Å². The van der Waals surface area contributed by atoms with Gasteiger partial charge < -0.3 is 14.5 Å². The van der Waals surface area contributed by atoms with Crippen molar-refractivity contribution < 1.29 is 14.3 Å². The second kappa shape index (κ2) is 9.35. The summed E-state index contributed by atoms with van der Waals surface area (Å²) in [5.41, 5.74) is 2.30. The van der Waals surface area contributed by atoms with Crippen LogP contribution in [0.15, 0.2) is 48.8 Å². The molecule has 148 valence electrons. The minimum absolute atomic E-state index is 0.0503. The van der Waals surface area contributed by atoms with E-state index in [2.05, 4.69) is 4.98 Å². The summed E-state index contributed by atoms with van der Waals surface area (Å²) in [6, 6.07) is 11.8. The lowest BCUT2D eigenvalue weighted by Gasteiger charge is -2.21. The summed E-state index contributed by atoms with van der Waals surface area (Å²) in [5.74, 6) is 0.691. The second-order valence-electron chi connectivity index (χ2n) is 7.20. The largest absolute Gasteiger partial charge is 0.497 e. The molecule has 1 atom stereocenters. The third-order valence-electron chi connectivity index (χ3n) is 5.25. The molecule has 0 saturated carbocycles. The molecule has 3 rings (SSSR count). The molecule has 0 bridgehead atoms. The Labute approximate surface area is 166 Å². The minimum atomic E-state index is -0.245. The average molecular weight is 381 g/mol. The molecule has 2 aromatic rings. The molecule has 0 aliphatic carbocycles. The molecule has 0 N–H and O–H groups in total. The van der Waals surface area contributed by atoms with Crippen LogP contribution in [0.2, 0.25) is 0 Å². The van der Waals surface area contributed by atoms with Crippen molar-refractivity contribution >= 4 is 11.8 Å². The van der Waals surface area contributed by atoms with Crippen LogP contribution in [-0.4, -0.2) is 60.4 Å². The Balaban J connectivity index is 1.47. The van der Waals surface area contributed by atoms with Crippen molar-refractivity contribution in [3.8, 4) is 5.75 Å². The molecule has 28 heavy (non-hydrogen) atoms. The zero-order valence-corrected chi connectivity index (χ0v) is 16.5. The summed E-state index contributed by atoms with van der Waals surface area (Å²) in [7, 11) is 3.46. The lowest BCUT2D eigenvalue weighted by atomic mass is 10.1. The Morgan fingerprint density at radius 3 is 2.50 bits per heavy atom. The molecule has 0 radical (unpaired) electrons. The predicted octanol–water partition coefficient (Wildman–Crippen LogP) is 2.18. The highest BCUT2D eigenvalue weighted by atomic mass is 16.5. The van der Waals surface area contributed by atoms with E-state index in [1.54, 1.807) is 24.4 Å². The van der Waals surface area contributed by atoms with Crippen molar-refractivity contribution in [2.45, 2.75) is 19.3 Å². The number of rotatable bonds is 8. The van der Waals surface area contributed by atoms with Gasteiger partial charge in [-0.05, 0) is 48.2 Å². The van der Waals surface area contributed by atoms with Crippen molar-refractivity contribution in [3.63, 3.8) is 0 Å². The number of methoxy groups -OCH3 is 1. The molecule has 1 fully saturated rings. The molecule has 1 aliphatic rings. The van der Waals surface area contributed by atoms with Crippen molar-refractivity contribution in [3.05, 3.63) is 59.9 Å². The Hall–Kier alpha value is -2.89. The van der Waals surface area contributed by atoms with Crippen LogP contribution in [0, 0.1) is 5.92 Å². The van der Waals surface area contributed by atoms with Gasteiger partial charge in [0.2, 0.25) is 11.8 Å². The first-order valence-electron chi connectivity index (χ1n) is 9.61. The monoisotopic (exact) mass is 381 g/mol. The van der Waals surface area contributed by atoms with E-state index in [-0.39, 0.29) is 17.7 Å². The summed E-state index contributed by atoms with van der Waals surface area (Å²) < 4.78 is 5.17. The maximum atomic E-state index is 12.7. The number of carbonyl (C=O) groups is 2. The number of ether oxygens (including phenoxy) is 1. The van der Waals surface area contributed by atoms with E-state index in [9.17, 15) is 9.59 Å². The van der Waals surface area contributed by atoms with E-state index in [4.69, 9.17) is 4.74 Å². The normalized spacial score (nSPS) is 16.3. The third-order valence-corrected chi connectivity index (χ3v) is 5.25. The Morgan fingerprint density at radius 1 is 1.14 bits per heavy atom. The van der Waals surface area contributed by atoms with Gasteiger partial charge in [-0.15, -0.1) is 0 Å². The topological polar surface area (TPSA) is 62.7 Å². The number of aromatic nitrogens is 1. The highest BCUT2D eigenvalue weighted by Gasteiger charge is 2.35. The van der Waals surface area contributed by atoms with Crippen molar-refractivity contribution in [2.24, 2.45) is 5.92 Å². The molecule has 1 saturated heterocycles. The SMILES string of the molecule is COc1ccc(CCN2CC(C(=O)N(C)CCc3ccncc3)CC2=O)cc1. The van der Waals surface area contributed by atoms with Gasteiger partial charge in [0, 0.05) is 45.5 Å². The van der Waals surface area contributed by atoms with Crippen LogP contribution < -0.4 is 4.74 Å². The number of nitrogens with zero attached hydrogens (tertiary/aromatic N) is 3. The van der Waals surface area contributed by atoms with Gasteiger partial charge in [0.25, 0.3) is 0 Å². The highest BCUT2D eigenvalue weighted by Crippen LogP contribution is 2.21. The molecular formula is C22H27N3O3. The lowest BCUT2D eigenvalue weighted by molar-refractivity contribution is -0.134. The number of pyridine rings is 1. The quantitative estimate of drug-likeness (QED) is 0.703. The number of hydrogen-bond donors (Lipinski definition) is 0. The summed E-state index contributed by atoms with van der Waals surface area (Å²) in [6.07, 6.45) is 5.38. The van der Waals surface area contributed by atoms with Gasteiger partial charge >= 0.3 is 0 Å². The van der Waals surface area contributed by atoms with Gasteiger partial charge in [0.1, 0.15) is 5.75 Å². The van der Waals surface area contributed by atoms with E-state index in [1.165, 1.54) is 0 Å². The fraction of sp³-hybridized carbons (Fsp3) is 0.409. The fourth-order valence-corrected chi connectivity index (χ4v) is 3.48. The number of carbonyl (C=O) groups excluding carboxylic acids is 2. The standard InChI is InChI=1S/C22H27N3O3/c1-24(13-9-18-7-11-23-12-8-18)22(27)19-15-21(26)25(16-19)14-10-17-3-5-20(28-2)6-4-17/h3-8,11-12,19H,9-10,13-16H2,1-2H3. The lowest BCUT2D eigenvalue weighted by Crippen LogP contribution is -2.36. The van der Waals surface area contributed by atoms with Gasteiger partial charge in [0.15, 0.2) is 0 Å². The number of hydrogen-bond acceptors (Lipinski definition) is 4. The Kier molecular flexibility index (Phi) is 6.63. The maximum absolute atomic E-state index is 12.7. The second-order valence-corrected chi connectivity index (χ2v) is 7.20. The smallest absolute Gasteiger partial charge is 0.227 e. The van der Waals surface area contributed by atoms with Crippen LogP contribution in [0.4, 0.5) is 0 Å². The zero-order chi connectivity index (χ0) is 19.9. The van der Waals surface area contributed by atoms with Crippen molar-refractivity contribution in [1.29, 1.82) is 0 Å². The molecule has 2 heterocycles. The van der Waals surface area contributed by atoms with Gasteiger partial charge in [-0.1, -0.05) is 12.1 Å². The highest BCUT2D eigenvalue weighted by molar-refractivity contribution is 5.89. The maximum Gasteiger partial charge on any atom is 0.227 e. The van der Waals surface area contributed by atoms with Gasteiger partial charge in [0.05, 0.1) is 13.0 Å². The molecule has 1 unspecified atom stereocenters. The number of benzene rings is 1. The van der Waals surface area contributed by atoms with Crippen LogP contribution in [0.3, 0.4) is 0 Å². The number of likely N-dealkylation sites (N-methyl/N-ethyl adjacent to an activating group) is 1. The first-order chi connectivity index (χ1) is 13.6. The first kappa shape index (κ1) is 19.9. The Morgan fingerprint density at radius 2 is 1.82 bits per heavy atom. The predicted molar refractivity (Wildman–Crippen MR) is 107 cm³/mol. The van der Waals surface area contributed by atoms with Crippen molar-refractivity contribution in [1.82, 2.24) is 14.8 Å². The molecule has 0 spiro atoms. The van der Waals surface area contributed by atoms with Crippen LogP contribution in [0.25, 0.3) is 0 Å². The van der Waals surface area contributed by atoms with E-state index in [1.807, 2.05) is 48.3 Å². The van der Waals surface area contributed by atoms with Crippen LogP contribution in [0.1, 0.15) is 17.5 Å². The van der Waals surface area contributed by atoms with Gasteiger partial charge in [-0.3, -0.25) is 14.6 Å². The molecular weight excluding hydrogens is 354 g/mol. The molecule has 1 aromatic carbocycles. The summed E-state index contributed by atoms with van der Waals surface area (Å²) in [4.78, 5) is 32.6. The zero-order valence-electron chi connectivity index (χ0n) is 16.5. The van der Waals surface area contributed by atoms with Crippen LogP contribution in [-0.2, 0) is 22.4 Å². The summed E-state index contributed by atoms with van der Waals surface area (Å²) in [6.45, 7) is 1.78. The van der Waals surface area contributed by atoms with E-state index in [0.29, 0.717) is 26.1 Å². The van der Waals surface area contributed by atoms with E-state index in [0.717, 1.165) is 29.7 Å². The minimum Gasteiger partial charge on any atom is -0.497 e. The van der Waals surface area contributed by atoms with Crippen LogP contribution >= 0.6 is 0 Å². The fourth-order valence-electron chi connectivity index (χ4n) is 3.48. The number of amides is 2.